The Bertz CT molecular complexity index is 244. The highest BCUT2D eigenvalue weighted by Crippen LogP contribution is 2.27. The molecule has 0 atom stereocenters. The molecule has 0 aliphatic rings. The van der Waals surface area contributed by atoms with Gasteiger partial charge in [-0.3, -0.25) is 0 Å². The van der Waals surface area contributed by atoms with Crippen LogP contribution in [0.1, 0.15) is 20.3 Å². The van der Waals surface area contributed by atoms with Gasteiger partial charge in [-0.25, -0.2) is 0 Å². The molecule has 0 spiro atoms. The van der Waals surface area contributed by atoms with Crippen molar-refractivity contribution in [2.45, 2.75) is 26.4 Å². The predicted octanol–water partition coefficient (Wildman–Crippen LogP) is 4.26. The molecule has 0 bridgehead atoms. The van der Waals surface area contributed by atoms with Gasteiger partial charge in [0.25, 0.3) is 0 Å². The first kappa shape index (κ1) is 13.0. The van der Waals surface area contributed by atoms with Crippen LogP contribution in [0.4, 0.5) is 13.2 Å². The monoisotopic (exact) mass is 204 g/mol. The fraction of sp³-hybridized carbons (Fsp3) is 0.455. The first-order chi connectivity index (χ1) is 6.27. The summed E-state index contributed by atoms with van der Waals surface area (Å²) in [4.78, 5) is 0. The maximum Gasteiger partial charge on any atom is 0.416 e. The Kier molecular flexibility index (Phi) is 4.68. The summed E-state index contributed by atoms with van der Waals surface area (Å²) in [7, 11) is 0. The quantitative estimate of drug-likeness (QED) is 0.600. The van der Waals surface area contributed by atoms with Gasteiger partial charge in [-0.2, -0.15) is 13.2 Å². The van der Waals surface area contributed by atoms with E-state index in [1.807, 2.05) is 13.8 Å². The molecule has 0 aliphatic carbocycles. The maximum atomic E-state index is 12.2. The molecule has 0 aromatic heterocycles. The minimum absolute atomic E-state index is 0.304. The number of halogens is 3. The van der Waals surface area contributed by atoms with Gasteiger partial charge in [-0.05, 0) is 18.4 Å². The summed E-state index contributed by atoms with van der Waals surface area (Å²) in [6, 6.07) is 0. The van der Waals surface area contributed by atoms with Crippen molar-refractivity contribution in [1.82, 2.24) is 0 Å². The van der Waals surface area contributed by atoms with Crippen molar-refractivity contribution in [2.75, 3.05) is 0 Å². The van der Waals surface area contributed by atoms with Crippen molar-refractivity contribution in [3.63, 3.8) is 0 Å². The Morgan fingerprint density at radius 1 is 1.36 bits per heavy atom. The third-order valence-corrected chi connectivity index (χ3v) is 1.58. The van der Waals surface area contributed by atoms with E-state index >= 15 is 0 Å². The van der Waals surface area contributed by atoms with Crippen LogP contribution < -0.4 is 0 Å². The molecule has 0 fully saturated rings. The Morgan fingerprint density at radius 2 is 1.86 bits per heavy atom. The molecule has 0 aromatic carbocycles. The van der Waals surface area contributed by atoms with E-state index in [-0.39, 0.29) is 0 Å². The van der Waals surface area contributed by atoms with Gasteiger partial charge < -0.3 is 0 Å². The van der Waals surface area contributed by atoms with Crippen LogP contribution in [-0.4, -0.2) is 6.18 Å². The zero-order chi connectivity index (χ0) is 11.4. The third-order valence-electron chi connectivity index (χ3n) is 1.58. The number of rotatable bonds is 4. The van der Waals surface area contributed by atoms with Crippen molar-refractivity contribution in [3.05, 3.63) is 36.5 Å². The molecule has 0 nitrogen and oxygen atoms in total. The van der Waals surface area contributed by atoms with Crippen LogP contribution in [0.5, 0.6) is 0 Å². The molecule has 3 heteroatoms. The summed E-state index contributed by atoms with van der Waals surface area (Å²) in [6.45, 7) is 10.6. The van der Waals surface area contributed by atoms with Crippen molar-refractivity contribution in [3.8, 4) is 0 Å². The van der Waals surface area contributed by atoms with Gasteiger partial charge in [0.05, 0.1) is 5.57 Å². The van der Waals surface area contributed by atoms with E-state index in [1.165, 1.54) is 0 Å². The number of hydrogen-bond acceptors (Lipinski definition) is 0. The van der Waals surface area contributed by atoms with Crippen LogP contribution in [0, 0.1) is 5.92 Å². The maximum absolute atomic E-state index is 12.2. The summed E-state index contributed by atoms with van der Waals surface area (Å²) < 4.78 is 36.7. The Labute approximate surface area is 82.8 Å². The fourth-order valence-electron chi connectivity index (χ4n) is 1.06. The second kappa shape index (κ2) is 5.03. The van der Waals surface area contributed by atoms with Crippen LogP contribution in [-0.2, 0) is 0 Å². The molecular weight excluding hydrogens is 189 g/mol. The molecule has 0 saturated heterocycles. The van der Waals surface area contributed by atoms with Gasteiger partial charge >= 0.3 is 6.18 Å². The van der Waals surface area contributed by atoms with Crippen molar-refractivity contribution in [1.29, 1.82) is 0 Å². The average Bonchev–Trinajstić information content (AvgIpc) is 1.96. The summed E-state index contributed by atoms with van der Waals surface area (Å²) >= 11 is 0. The second-order valence-electron chi connectivity index (χ2n) is 3.56. The second-order valence-corrected chi connectivity index (χ2v) is 3.56. The van der Waals surface area contributed by atoms with E-state index in [4.69, 9.17) is 0 Å². The SMILES string of the molecule is C=C/C(=C\C(=C)CC(C)C)C(F)(F)F. The van der Waals surface area contributed by atoms with Crippen molar-refractivity contribution >= 4 is 0 Å². The van der Waals surface area contributed by atoms with Crippen LogP contribution >= 0.6 is 0 Å². The van der Waals surface area contributed by atoms with Crippen LogP contribution in [0.25, 0.3) is 0 Å². The molecule has 0 aromatic rings. The lowest BCUT2D eigenvalue weighted by atomic mass is 10.0. The fourth-order valence-corrected chi connectivity index (χ4v) is 1.06. The molecule has 0 unspecified atom stereocenters. The van der Waals surface area contributed by atoms with Gasteiger partial charge in [-0.1, -0.05) is 38.7 Å². The number of allylic oxidation sites excluding steroid dienone is 4. The van der Waals surface area contributed by atoms with E-state index in [0.717, 1.165) is 12.2 Å². The molecule has 14 heavy (non-hydrogen) atoms. The van der Waals surface area contributed by atoms with Crippen molar-refractivity contribution in [2.24, 2.45) is 5.92 Å². The lowest BCUT2D eigenvalue weighted by Gasteiger charge is -2.09. The zero-order valence-corrected chi connectivity index (χ0v) is 8.49. The van der Waals surface area contributed by atoms with E-state index < -0.39 is 11.7 Å². The Balaban J connectivity index is 4.61. The average molecular weight is 204 g/mol. The Morgan fingerprint density at radius 3 is 2.14 bits per heavy atom. The van der Waals surface area contributed by atoms with Crippen molar-refractivity contribution < 1.29 is 13.2 Å². The standard InChI is InChI=1S/C11H15F3/c1-5-10(11(12,13)14)7-9(4)6-8(2)3/h5,7-8H,1,4,6H2,2-3H3/b10-7+. The largest absolute Gasteiger partial charge is 0.416 e. The first-order valence-electron chi connectivity index (χ1n) is 4.36. The lowest BCUT2D eigenvalue weighted by Crippen LogP contribution is -2.10. The molecule has 0 N–H and O–H groups in total. The molecule has 0 rings (SSSR count). The van der Waals surface area contributed by atoms with Crippen LogP contribution in [0.2, 0.25) is 0 Å². The molecule has 0 radical (unpaired) electrons. The lowest BCUT2D eigenvalue weighted by molar-refractivity contribution is -0.0882. The minimum Gasteiger partial charge on any atom is -0.166 e. The smallest absolute Gasteiger partial charge is 0.166 e. The number of hydrogen-bond donors (Lipinski definition) is 0. The summed E-state index contributed by atoms with van der Waals surface area (Å²) in [5.41, 5.74) is -0.254. The van der Waals surface area contributed by atoms with Gasteiger partial charge in [0.15, 0.2) is 0 Å². The van der Waals surface area contributed by atoms with E-state index in [9.17, 15) is 13.2 Å². The van der Waals surface area contributed by atoms with E-state index in [0.29, 0.717) is 17.9 Å². The van der Waals surface area contributed by atoms with Gasteiger partial charge in [-0.15, -0.1) is 0 Å². The summed E-state index contributed by atoms with van der Waals surface area (Å²) in [6.07, 6.45) is -1.91. The predicted molar refractivity (Wildman–Crippen MR) is 52.9 cm³/mol. The molecule has 0 aliphatic heterocycles. The Hall–Kier alpha value is -0.990. The highest BCUT2D eigenvalue weighted by atomic mass is 19.4. The van der Waals surface area contributed by atoms with E-state index in [1.54, 1.807) is 0 Å². The summed E-state index contributed by atoms with van der Waals surface area (Å²) in [5.74, 6) is 0.304. The zero-order valence-electron chi connectivity index (χ0n) is 8.49. The van der Waals surface area contributed by atoms with Gasteiger partial charge in [0.2, 0.25) is 0 Å². The first-order valence-corrected chi connectivity index (χ1v) is 4.36. The topological polar surface area (TPSA) is 0 Å². The van der Waals surface area contributed by atoms with Gasteiger partial charge in [0.1, 0.15) is 0 Å². The van der Waals surface area contributed by atoms with Gasteiger partial charge in [0, 0.05) is 0 Å². The van der Waals surface area contributed by atoms with Crippen LogP contribution in [0.15, 0.2) is 36.5 Å². The normalized spacial score (nSPS) is 13.1. The number of alkyl halides is 3. The highest BCUT2D eigenvalue weighted by Gasteiger charge is 2.31. The molecule has 0 heterocycles. The van der Waals surface area contributed by atoms with Crippen LogP contribution in [0.3, 0.4) is 0 Å². The highest BCUT2D eigenvalue weighted by molar-refractivity contribution is 5.30. The van der Waals surface area contributed by atoms with E-state index in [2.05, 4.69) is 13.2 Å². The minimum atomic E-state index is -4.33. The summed E-state index contributed by atoms with van der Waals surface area (Å²) in [5, 5.41) is 0. The molecule has 80 valence electrons. The molecule has 0 saturated carbocycles. The molecular formula is C11H15F3. The third kappa shape index (κ3) is 4.90. The molecule has 0 amide bonds.